The third-order valence-corrected chi connectivity index (χ3v) is 3.77. The summed E-state index contributed by atoms with van der Waals surface area (Å²) in [5.41, 5.74) is 1.26. The molecule has 2 aromatic rings. The molecule has 0 spiro atoms. The molecule has 78 valence electrons. The van der Waals surface area contributed by atoms with Gasteiger partial charge < -0.3 is 0 Å². The predicted molar refractivity (Wildman–Crippen MR) is 73.0 cm³/mol. The molecule has 0 heterocycles. The Balaban J connectivity index is 2.96. The lowest BCUT2D eigenvalue weighted by Gasteiger charge is -2.12. The summed E-state index contributed by atoms with van der Waals surface area (Å²) < 4.78 is 0. The van der Waals surface area contributed by atoms with Crippen LogP contribution in [0.15, 0.2) is 41.3 Å². The van der Waals surface area contributed by atoms with E-state index in [9.17, 15) is 0 Å². The number of benzene rings is 2. The molecule has 0 saturated heterocycles. The van der Waals surface area contributed by atoms with Crippen molar-refractivity contribution < 1.29 is 0 Å². The van der Waals surface area contributed by atoms with Gasteiger partial charge in [-0.25, -0.2) is 0 Å². The molecule has 0 aromatic heterocycles. The summed E-state index contributed by atoms with van der Waals surface area (Å²) in [6, 6.07) is 12.4. The molecule has 0 atom stereocenters. The van der Waals surface area contributed by atoms with Gasteiger partial charge in [0.05, 0.1) is 0 Å². The van der Waals surface area contributed by atoms with E-state index in [2.05, 4.69) is 36.9 Å². The van der Waals surface area contributed by atoms with E-state index in [1.54, 1.807) is 0 Å². The van der Waals surface area contributed by atoms with E-state index in [0.717, 1.165) is 4.90 Å². The largest absolute Gasteiger partial charge is 0.285 e. The van der Waals surface area contributed by atoms with E-state index in [1.165, 1.54) is 16.3 Å². The Bertz CT molecular complexity index is 609. The standard InChI is InChI=1S/C13H15NS/c1-10-6-4-8-12-11(10)7-5-9-13(12)15(2,3)14/h4-9H,2-3,14H2,1H3. The second kappa shape index (κ2) is 3.40. The highest BCUT2D eigenvalue weighted by Crippen LogP contribution is 2.32. The van der Waals surface area contributed by atoms with Crippen LogP contribution in [0.25, 0.3) is 10.8 Å². The first-order valence-corrected chi connectivity index (χ1v) is 6.79. The molecule has 15 heavy (non-hydrogen) atoms. The molecular weight excluding hydrogens is 202 g/mol. The second-order valence-corrected chi connectivity index (χ2v) is 6.20. The Morgan fingerprint density at radius 1 is 1.00 bits per heavy atom. The smallest absolute Gasteiger partial charge is 0.0163 e. The average molecular weight is 217 g/mol. The molecular formula is C13H15NS. The van der Waals surface area contributed by atoms with Crippen molar-refractivity contribution in [2.45, 2.75) is 11.8 Å². The minimum atomic E-state index is -1.65. The van der Waals surface area contributed by atoms with Gasteiger partial charge in [0, 0.05) is 4.90 Å². The fraction of sp³-hybridized carbons (Fsp3) is 0.0769. The monoisotopic (exact) mass is 217 g/mol. The van der Waals surface area contributed by atoms with Gasteiger partial charge in [-0.3, -0.25) is 5.14 Å². The van der Waals surface area contributed by atoms with E-state index in [4.69, 9.17) is 5.14 Å². The Labute approximate surface area is 91.1 Å². The fourth-order valence-electron chi connectivity index (χ4n) is 1.79. The first kappa shape index (κ1) is 10.3. The van der Waals surface area contributed by atoms with E-state index < -0.39 is 9.39 Å². The van der Waals surface area contributed by atoms with Gasteiger partial charge in [0.15, 0.2) is 0 Å². The number of hydrogen-bond donors (Lipinski definition) is 1. The molecule has 2 heteroatoms. The third-order valence-electron chi connectivity index (χ3n) is 2.54. The van der Waals surface area contributed by atoms with Gasteiger partial charge in [0.1, 0.15) is 0 Å². The van der Waals surface area contributed by atoms with Crippen molar-refractivity contribution in [3.63, 3.8) is 0 Å². The Morgan fingerprint density at radius 2 is 1.60 bits per heavy atom. The summed E-state index contributed by atoms with van der Waals surface area (Å²) in [5, 5.41) is 8.45. The lowest BCUT2D eigenvalue weighted by atomic mass is 10.1. The summed E-state index contributed by atoms with van der Waals surface area (Å²) >= 11 is 0. The zero-order valence-corrected chi connectivity index (χ0v) is 9.68. The average Bonchev–Trinajstić information content (AvgIpc) is 2.16. The normalized spacial score (nSPS) is 11.9. The number of rotatable bonds is 1. The maximum Gasteiger partial charge on any atom is 0.0163 e. The maximum atomic E-state index is 6.03. The van der Waals surface area contributed by atoms with Gasteiger partial charge in [0.2, 0.25) is 0 Å². The lowest BCUT2D eigenvalue weighted by Crippen LogP contribution is -1.93. The molecule has 0 aliphatic rings. The van der Waals surface area contributed by atoms with Crippen LogP contribution in [0.3, 0.4) is 0 Å². The zero-order chi connectivity index (χ0) is 11.1. The van der Waals surface area contributed by atoms with Gasteiger partial charge >= 0.3 is 0 Å². The molecule has 0 unspecified atom stereocenters. The molecule has 0 radical (unpaired) electrons. The van der Waals surface area contributed by atoms with Crippen LogP contribution in [0.2, 0.25) is 0 Å². The summed E-state index contributed by atoms with van der Waals surface area (Å²) in [6.07, 6.45) is 0. The first-order chi connectivity index (χ1) is 7.00. The van der Waals surface area contributed by atoms with E-state index in [1.807, 2.05) is 18.2 Å². The second-order valence-electron chi connectivity index (χ2n) is 3.87. The SMILES string of the molecule is C=S(=C)(N)c1cccc2c(C)cccc12. The Kier molecular flexibility index (Phi) is 2.33. The van der Waals surface area contributed by atoms with E-state index in [-0.39, 0.29) is 0 Å². The van der Waals surface area contributed by atoms with Gasteiger partial charge in [-0.15, -0.1) is 9.39 Å². The van der Waals surface area contributed by atoms with Crippen LogP contribution in [-0.4, -0.2) is 11.7 Å². The predicted octanol–water partition coefficient (Wildman–Crippen LogP) is 3.05. The van der Waals surface area contributed by atoms with Gasteiger partial charge in [-0.2, -0.15) is 0 Å². The highest BCUT2D eigenvalue weighted by molar-refractivity contribution is 8.26. The highest BCUT2D eigenvalue weighted by atomic mass is 32.2. The van der Waals surface area contributed by atoms with Crippen LogP contribution >= 0.6 is 9.39 Å². The molecule has 0 aliphatic carbocycles. The van der Waals surface area contributed by atoms with Crippen molar-refractivity contribution in [1.82, 2.24) is 0 Å². The molecule has 0 aliphatic heterocycles. The molecule has 2 rings (SSSR count). The van der Waals surface area contributed by atoms with Gasteiger partial charge in [0.25, 0.3) is 0 Å². The minimum absolute atomic E-state index is 1.07. The number of hydrogen-bond acceptors (Lipinski definition) is 1. The topological polar surface area (TPSA) is 26.0 Å². The van der Waals surface area contributed by atoms with Crippen LogP contribution in [0.1, 0.15) is 5.56 Å². The minimum Gasteiger partial charge on any atom is -0.285 e. The third kappa shape index (κ3) is 1.78. The van der Waals surface area contributed by atoms with Crippen LogP contribution in [0, 0.1) is 6.92 Å². The first-order valence-electron chi connectivity index (χ1n) is 4.76. The molecule has 0 saturated carbocycles. The summed E-state index contributed by atoms with van der Waals surface area (Å²) in [7, 11) is -1.65. The van der Waals surface area contributed by atoms with Crippen molar-refractivity contribution in [3.05, 3.63) is 42.0 Å². The fourth-order valence-corrected chi connectivity index (χ4v) is 2.76. The Hall–Kier alpha value is -1.25. The van der Waals surface area contributed by atoms with Crippen molar-refractivity contribution in [1.29, 1.82) is 0 Å². The van der Waals surface area contributed by atoms with Gasteiger partial charge in [-0.1, -0.05) is 42.1 Å². The molecule has 1 nitrogen and oxygen atoms in total. The lowest BCUT2D eigenvalue weighted by molar-refractivity contribution is 1.48. The van der Waals surface area contributed by atoms with Crippen LogP contribution in [-0.2, 0) is 0 Å². The van der Waals surface area contributed by atoms with Crippen molar-refractivity contribution in [3.8, 4) is 0 Å². The van der Waals surface area contributed by atoms with Gasteiger partial charge in [-0.05, 0) is 29.3 Å². The summed E-state index contributed by atoms with van der Waals surface area (Å²) in [6.45, 7) is 2.10. The Morgan fingerprint density at radius 3 is 2.27 bits per heavy atom. The van der Waals surface area contributed by atoms with E-state index >= 15 is 0 Å². The van der Waals surface area contributed by atoms with Crippen molar-refractivity contribution in [2.75, 3.05) is 0 Å². The molecule has 0 amide bonds. The molecule has 2 aromatic carbocycles. The molecule has 2 N–H and O–H groups in total. The van der Waals surface area contributed by atoms with E-state index in [0.29, 0.717) is 0 Å². The number of fused-ring (bicyclic) bond motifs is 1. The zero-order valence-electron chi connectivity index (χ0n) is 8.86. The quantitative estimate of drug-likeness (QED) is 0.730. The van der Waals surface area contributed by atoms with Crippen LogP contribution in [0.4, 0.5) is 0 Å². The number of aryl methyl sites for hydroxylation is 1. The summed E-state index contributed by atoms with van der Waals surface area (Å²) in [4.78, 5) is 1.07. The highest BCUT2D eigenvalue weighted by Gasteiger charge is 2.03. The van der Waals surface area contributed by atoms with Crippen molar-refractivity contribution in [2.24, 2.45) is 5.14 Å². The number of nitrogens with two attached hydrogens (primary N) is 1. The summed E-state index contributed by atoms with van der Waals surface area (Å²) in [5.74, 6) is 7.94. The molecule has 0 fully saturated rings. The van der Waals surface area contributed by atoms with Crippen molar-refractivity contribution >= 4 is 31.9 Å². The van der Waals surface area contributed by atoms with Crippen LogP contribution in [0.5, 0.6) is 0 Å². The van der Waals surface area contributed by atoms with Crippen LogP contribution < -0.4 is 5.14 Å². The maximum absolute atomic E-state index is 6.03. The molecule has 0 bridgehead atoms.